The number of hydrogen-bond acceptors (Lipinski definition) is 1. The second-order valence-electron chi connectivity index (χ2n) is 5.44. The molecule has 0 fully saturated rings. The van der Waals surface area contributed by atoms with Crippen LogP contribution in [0.25, 0.3) is 32.7 Å². The van der Waals surface area contributed by atoms with E-state index in [-0.39, 0.29) is 0 Å². The van der Waals surface area contributed by atoms with E-state index >= 15 is 0 Å². The Balaban J connectivity index is 1.90. The lowest BCUT2D eigenvalue weighted by Gasteiger charge is -2.11. The van der Waals surface area contributed by atoms with Gasteiger partial charge in [-0.1, -0.05) is 84.9 Å². The standard InChI is InChI=1S/C22H16S/c1-3-9-17(10-4-1)19-13-7-8-14-20(19)21-15-16-23-22(21)18-11-5-2-6-12-18/h1-16H. The molecule has 0 unspecified atom stereocenters. The van der Waals surface area contributed by atoms with Crippen LogP contribution in [0.5, 0.6) is 0 Å². The Bertz CT molecular complexity index is 905. The molecule has 3 aromatic carbocycles. The van der Waals surface area contributed by atoms with Gasteiger partial charge < -0.3 is 0 Å². The largest absolute Gasteiger partial charge is 0.143 e. The van der Waals surface area contributed by atoms with Crippen molar-refractivity contribution >= 4 is 11.3 Å². The van der Waals surface area contributed by atoms with Gasteiger partial charge in [0, 0.05) is 10.4 Å². The van der Waals surface area contributed by atoms with Crippen LogP contribution in [-0.4, -0.2) is 0 Å². The summed E-state index contributed by atoms with van der Waals surface area (Å²) in [4.78, 5) is 1.33. The summed E-state index contributed by atoms with van der Waals surface area (Å²) >= 11 is 1.80. The Morgan fingerprint density at radius 2 is 1.00 bits per heavy atom. The molecule has 0 aliphatic rings. The van der Waals surface area contributed by atoms with Gasteiger partial charge in [-0.05, 0) is 33.7 Å². The molecule has 0 radical (unpaired) electrons. The van der Waals surface area contributed by atoms with Gasteiger partial charge in [0.2, 0.25) is 0 Å². The predicted octanol–water partition coefficient (Wildman–Crippen LogP) is 6.75. The van der Waals surface area contributed by atoms with Crippen molar-refractivity contribution in [1.82, 2.24) is 0 Å². The molecule has 0 saturated carbocycles. The average Bonchev–Trinajstić information content (AvgIpc) is 3.13. The minimum atomic E-state index is 1.26. The number of rotatable bonds is 3. The Kier molecular flexibility index (Phi) is 3.79. The van der Waals surface area contributed by atoms with Gasteiger partial charge in [-0.3, -0.25) is 0 Å². The molecule has 110 valence electrons. The van der Waals surface area contributed by atoms with Gasteiger partial charge in [0.05, 0.1) is 0 Å². The third kappa shape index (κ3) is 2.71. The lowest BCUT2D eigenvalue weighted by Crippen LogP contribution is -1.85. The number of thiophene rings is 1. The van der Waals surface area contributed by atoms with E-state index in [1.54, 1.807) is 11.3 Å². The molecular weight excluding hydrogens is 296 g/mol. The summed E-state index contributed by atoms with van der Waals surface area (Å²) in [6.45, 7) is 0. The maximum atomic E-state index is 2.23. The first-order valence-electron chi connectivity index (χ1n) is 7.71. The van der Waals surface area contributed by atoms with Crippen LogP contribution in [0, 0.1) is 0 Å². The highest BCUT2D eigenvalue weighted by Gasteiger charge is 2.12. The third-order valence-electron chi connectivity index (χ3n) is 4.00. The summed E-state index contributed by atoms with van der Waals surface area (Å²) < 4.78 is 0. The van der Waals surface area contributed by atoms with Gasteiger partial charge in [0.1, 0.15) is 0 Å². The Morgan fingerprint density at radius 3 is 1.70 bits per heavy atom. The second-order valence-corrected chi connectivity index (χ2v) is 6.36. The summed E-state index contributed by atoms with van der Waals surface area (Å²) in [6.07, 6.45) is 0. The minimum absolute atomic E-state index is 1.26. The van der Waals surface area contributed by atoms with Crippen LogP contribution in [0.1, 0.15) is 0 Å². The zero-order valence-corrected chi connectivity index (χ0v) is 13.5. The minimum Gasteiger partial charge on any atom is -0.143 e. The number of benzene rings is 3. The topological polar surface area (TPSA) is 0 Å². The molecule has 1 aromatic heterocycles. The van der Waals surface area contributed by atoms with E-state index < -0.39 is 0 Å². The van der Waals surface area contributed by atoms with E-state index in [9.17, 15) is 0 Å². The third-order valence-corrected chi connectivity index (χ3v) is 4.97. The Labute approximate surface area is 140 Å². The van der Waals surface area contributed by atoms with Crippen LogP contribution in [0.3, 0.4) is 0 Å². The Hall–Kier alpha value is -2.64. The van der Waals surface area contributed by atoms with Crippen molar-refractivity contribution < 1.29 is 0 Å². The molecule has 23 heavy (non-hydrogen) atoms. The predicted molar refractivity (Wildman–Crippen MR) is 101 cm³/mol. The van der Waals surface area contributed by atoms with Gasteiger partial charge in [0.25, 0.3) is 0 Å². The van der Waals surface area contributed by atoms with E-state index in [1.165, 1.54) is 32.7 Å². The molecule has 4 aromatic rings. The van der Waals surface area contributed by atoms with E-state index in [0.717, 1.165) is 0 Å². The maximum absolute atomic E-state index is 2.23. The molecule has 4 rings (SSSR count). The smallest absolute Gasteiger partial charge is 0.0421 e. The summed E-state index contributed by atoms with van der Waals surface area (Å²) in [5.41, 5.74) is 6.41. The SMILES string of the molecule is c1ccc(-c2ccccc2-c2ccsc2-c2ccccc2)cc1. The van der Waals surface area contributed by atoms with Crippen LogP contribution < -0.4 is 0 Å². The molecule has 0 spiro atoms. The van der Waals surface area contributed by atoms with Crippen LogP contribution >= 0.6 is 11.3 Å². The fraction of sp³-hybridized carbons (Fsp3) is 0. The molecular formula is C22H16S. The monoisotopic (exact) mass is 312 g/mol. The van der Waals surface area contributed by atoms with Crippen molar-refractivity contribution in [2.75, 3.05) is 0 Å². The summed E-state index contributed by atoms with van der Waals surface area (Å²) in [5, 5.41) is 2.18. The molecule has 0 atom stereocenters. The lowest BCUT2D eigenvalue weighted by molar-refractivity contribution is 1.60. The fourth-order valence-corrected chi connectivity index (χ4v) is 3.84. The highest BCUT2D eigenvalue weighted by molar-refractivity contribution is 7.14. The molecule has 0 bridgehead atoms. The zero-order valence-electron chi connectivity index (χ0n) is 12.6. The Morgan fingerprint density at radius 1 is 0.435 bits per heavy atom. The van der Waals surface area contributed by atoms with Crippen LogP contribution in [-0.2, 0) is 0 Å². The molecule has 1 heteroatoms. The summed E-state index contributed by atoms with van der Waals surface area (Å²) in [7, 11) is 0. The molecule has 0 saturated heterocycles. The molecule has 0 nitrogen and oxygen atoms in total. The first kappa shape index (κ1) is 14.0. The van der Waals surface area contributed by atoms with Gasteiger partial charge in [-0.2, -0.15) is 0 Å². The lowest BCUT2D eigenvalue weighted by atomic mass is 9.94. The summed E-state index contributed by atoms with van der Waals surface area (Å²) in [5.74, 6) is 0. The van der Waals surface area contributed by atoms with Crippen molar-refractivity contribution in [3.8, 4) is 32.7 Å². The van der Waals surface area contributed by atoms with Gasteiger partial charge in [0.15, 0.2) is 0 Å². The first-order valence-corrected chi connectivity index (χ1v) is 8.59. The molecule has 0 N–H and O–H groups in total. The van der Waals surface area contributed by atoms with Crippen molar-refractivity contribution in [2.45, 2.75) is 0 Å². The second kappa shape index (κ2) is 6.23. The van der Waals surface area contributed by atoms with Crippen molar-refractivity contribution in [3.05, 3.63) is 96.4 Å². The molecule has 1 heterocycles. The van der Waals surface area contributed by atoms with Gasteiger partial charge in [-0.25, -0.2) is 0 Å². The normalized spacial score (nSPS) is 10.6. The highest BCUT2D eigenvalue weighted by Crippen LogP contribution is 2.40. The van der Waals surface area contributed by atoms with Crippen molar-refractivity contribution in [1.29, 1.82) is 0 Å². The fourth-order valence-electron chi connectivity index (χ4n) is 2.92. The summed E-state index contributed by atoms with van der Waals surface area (Å²) in [6, 6.07) is 32.1. The van der Waals surface area contributed by atoms with E-state index in [0.29, 0.717) is 0 Å². The van der Waals surface area contributed by atoms with Gasteiger partial charge in [-0.15, -0.1) is 11.3 Å². The van der Waals surface area contributed by atoms with Crippen molar-refractivity contribution in [2.24, 2.45) is 0 Å². The van der Waals surface area contributed by atoms with Gasteiger partial charge >= 0.3 is 0 Å². The maximum Gasteiger partial charge on any atom is 0.0421 e. The average molecular weight is 312 g/mol. The van der Waals surface area contributed by atoms with Crippen LogP contribution in [0.4, 0.5) is 0 Å². The molecule has 0 aliphatic carbocycles. The van der Waals surface area contributed by atoms with Crippen LogP contribution in [0.2, 0.25) is 0 Å². The van der Waals surface area contributed by atoms with Crippen LogP contribution in [0.15, 0.2) is 96.4 Å². The first-order chi connectivity index (χ1) is 11.4. The van der Waals surface area contributed by atoms with E-state index in [4.69, 9.17) is 0 Å². The number of hydrogen-bond donors (Lipinski definition) is 0. The highest BCUT2D eigenvalue weighted by atomic mass is 32.1. The van der Waals surface area contributed by atoms with E-state index in [1.807, 2.05) is 0 Å². The zero-order chi connectivity index (χ0) is 15.5. The van der Waals surface area contributed by atoms with E-state index in [2.05, 4.69) is 96.4 Å². The van der Waals surface area contributed by atoms with Crippen molar-refractivity contribution in [3.63, 3.8) is 0 Å². The molecule has 0 aliphatic heterocycles. The molecule has 0 amide bonds. The quantitative estimate of drug-likeness (QED) is 0.392.